The van der Waals surface area contributed by atoms with Crippen LogP contribution in [-0.2, 0) is 9.53 Å². The summed E-state index contributed by atoms with van der Waals surface area (Å²) in [5.41, 5.74) is 0.786. The van der Waals surface area contributed by atoms with E-state index < -0.39 is 0 Å². The molecule has 0 heterocycles. The Labute approximate surface area is 102 Å². The number of nitrogens with one attached hydrogen (secondary N) is 1. The monoisotopic (exact) mass is 237 g/mol. The summed E-state index contributed by atoms with van der Waals surface area (Å²) in [7, 11) is 0. The van der Waals surface area contributed by atoms with Crippen molar-refractivity contribution in [2.75, 3.05) is 25.1 Å². The Bertz CT molecular complexity index is 335. The summed E-state index contributed by atoms with van der Waals surface area (Å²) >= 11 is 0. The summed E-state index contributed by atoms with van der Waals surface area (Å²) in [5.74, 6) is 0.786. The van der Waals surface area contributed by atoms with Crippen LogP contribution in [0, 0.1) is 0 Å². The lowest BCUT2D eigenvalue weighted by Crippen LogP contribution is -2.09. The van der Waals surface area contributed by atoms with Crippen molar-refractivity contribution >= 4 is 11.6 Å². The molecule has 0 fully saturated rings. The van der Waals surface area contributed by atoms with Crippen LogP contribution in [0.3, 0.4) is 0 Å². The second-order valence-corrected chi connectivity index (χ2v) is 3.47. The average molecular weight is 237 g/mol. The summed E-state index contributed by atoms with van der Waals surface area (Å²) in [6, 6.07) is 7.31. The van der Waals surface area contributed by atoms with E-state index in [9.17, 15) is 4.79 Å². The fourth-order valence-corrected chi connectivity index (χ4v) is 1.25. The Morgan fingerprint density at radius 3 is 2.47 bits per heavy atom. The maximum atomic E-state index is 11.2. The third-order valence-electron chi connectivity index (χ3n) is 2.16. The van der Waals surface area contributed by atoms with Gasteiger partial charge in [0.25, 0.3) is 0 Å². The molecule has 0 aliphatic rings. The van der Waals surface area contributed by atoms with E-state index in [0.717, 1.165) is 11.4 Å². The molecular formula is C13H19NO3. The number of amides is 1. The summed E-state index contributed by atoms with van der Waals surface area (Å²) < 4.78 is 10.6. The molecule has 0 saturated carbocycles. The smallest absolute Gasteiger partial charge is 0.224 e. The van der Waals surface area contributed by atoms with Gasteiger partial charge in [0.1, 0.15) is 12.4 Å². The minimum absolute atomic E-state index is 0.00927. The molecule has 4 nitrogen and oxygen atoms in total. The zero-order valence-electron chi connectivity index (χ0n) is 10.4. The van der Waals surface area contributed by atoms with Gasteiger partial charge in [0.15, 0.2) is 0 Å². The number of ether oxygens (including phenoxy) is 2. The van der Waals surface area contributed by atoms with E-state index in [1.807, 2.05) is 38.1 Å². The van der Waals surface area contributed by atoms with Gasteiger partial charge in [-0.15, -0.1) is 0 Å². The standard InChI is InChI=1S/C13H19NO3/c1-3-13(15)14-11-5-7-12(8-6-11)17-10-9-16-4-2/h5-8H,3-4,9-10H2,1-2H3,(H,14,15). The normalized spacial score (nSPS) is 10.0. The van der Waals surface area contributed by atoms with Crippen molar-refractivity contribution in [3.8, 4) is 5.75 Å². The SMILES string of the molecule is CCOCCOc1ccc(NC(=O)CC)cc1. The van der Waals surface area contributed by atoms with Crippen molar-refractivity contribution in [1.29, 1.82) is 0 Å². The predicted molar refractivity (Wildman–Crippen MR) is 67.4 cm³/mol. The first kappa shape index (κ1) is 13.5. The third kappa shape index (κ3) is 5.36. The Hall–Kier alpha value is -1.55. The second kappa shape index (κ2) is 7.68. The highest BCUT2D eigenvalue weighted by atomic mass is 16.5. The number of hydrogen-bond donors (Lipinski definition) is 1. The molecule has 0 saturated heterocycles. The van der Waals surface area contributed by atoms with E-state index in [4.69, 9.17) is 9.47 Å². The summed E-state index contributed by atoms with van der Waals surface area (Å²) in [6.07, 6.45) is 0.479. The molecule has 0 aliphatic heterocycles. The molecule has 1 N–H and O–H groups in total. The molecule has 1 amide bonds. The first-order chi connectivity index (χ1) is 8.26. The lowest BCUT2D eigenvalue weighted by Gasteiger charge is -2.07. The van der Waals surface area contributed by atoms with Gasteiger partial charge in [-0.1, -0.05) is 6.92 Å². The van der Waals surface area contributed by atoms with Gasteiger partial charge in [-0.2, -0.15) is 0 Å². The van der Waals surface area contributed by atoms with Crippen LogP contribution in [0.2, 0.25) is 0 Å². The Balaban J connectivity index is 2.36. The highest BCUT2D eigenvalue weighted by molar-refractivity contribution is 5.90. The molecule has 1 aromatic carbocycles. The van der Waals surface area contributed by atoms with Gasteiger partial charge in [-0.25, -0.2) is 0 Å². The van der Waals surface area contributed by atoms with Gasteiger partial charge in [-0.05, 0) is 31.2 Å². The topological polar surface area (TPSA) is 47.6 Å². The maximum absolute atomic E-state index is 11.2. The molecular weight excluding hydrogens is 218 g/mol. The highest BCUT2D eigenvalue weighted by Crippen LogP contribution is 2.15. The molecule has 0 unspecified atom stereocenters. The number of carbonyl (C=O) groups excluding carboxylic acids is 1. The zero-order chi connectivity index (χ0) is 12.5. The second-order valence-electron chi connectivity index (χ2n) is 3.47. The van der Waals surface area contributed by atoms with Gasteiger partial charge < -0.3 is 14.8 Å². The number of hydrogen-bond acceptors (Lipinski definition) is 3. The number of benzene rings is 1. The van der Waals surface area contributed by atoms with Crippen molar-refractivity contribution in [3.05, 3.63) is 24.3 Å². The molecule has 0 aromatic heterocycles. The molecule has 0 aliphatic carbocycles. The largest absolute Gasteiger partial charge is 0.491 e. The molecule has 0 bridgehead atoms. The van der Waals surface area contributed by atoms with Gasteiger partial charge in [-0.3, -0.25) is 4.79 Å². The molecule has 0 atom stereocenters. The van der Waals surface area contributed by atoms with Gasteiger partial charge in [0.2, 0.25) is 5.91 Å². The average Bonchev–Trinajstić information content (AvgIpc) is 2.36. The Morgan fingerprint density at radius 1 is 1.18 bits per heavy atom. The molecule has 0 radical (unpaired) electrons. The van der Waals surface area contributed by atoms with Crippen LogP contribution in [0.4, 0.5) is 5.69 Å². The molecule has 17 heavy (non-hydrogen) atoms. The maximum Gasteiger partial charge on any atom is 0.224 e. The third-order valence-corrected chi connectivity index (χ3v) is 2.16. The van der Waals surface area contributed by atoms with E-state index >= 15 is 0 Å². The lowest BCUT2D eigenvalue weighted by atomic mass is 10.3. The van der Waals surface area contributed by atoms with Crippen molar-refractivity contribution in [2.45, 2.75) is 20.3 Å². The van der Waals surface area contributed by atoms with Crippen molar-refractivity contribution in [2.24, 2.45) is 0 Å². The van der Waals surface area contributed by atoms with Crippen molar-refractivity contribution < 1.29 is 14.3 Å². The fraction of sp³-hybridized carbons (Fsp3) is 0.462. The van der Waals surface area contributed by atoms with Crippen LogP contribution in [0.25, 0.3) is 0 Å². The van der Waals surface area contributed by atoms with Crippen LogP contribution in [0.1, 0.15) is 20.3 Å². The quantitative estimate of drug-likeness (QED) is 0.741. The predicted octanol–water partition coefficient (Wildman–Crippen LogP) is 2.45. The summed E-state index contributed by atoms with van der Waals surface area (Å²) in [5, 5.41) is 2.78. The van der Waals surface area contributed by atoms with Crippen LogP contribution < -0.4 is 10.1 Å². The Morgan fingerprint density at radius 2 is 1.88 bits per heavy atom. The molecule has 1 rings (SSSR count). The van der Waals surface area contributed by atoms with Crippen LogP contribution in [0.5, 0.6) is 5.75 Å². The molecule has 0 spiro atoms. The number of carbonyl (C=O) groups is 1. The van der Waals surface area contributed by atoms with E-state index in [0.29, 0.717) is 26.2 Å². The van der Waals surface area contributed by atoms with Gasteiger partial charge >= 0.3 is 0 Å². The molecule has 94 valence electrons. The van der Waals surface area contributed by atoms with Gasteiger partial charge in [0.05, 0.1) is 6.61 Å². The first-order valence-corrected chi connectivity index (χ1v) is 5.86. The van der Waals surface area contributed by atoms with Crippen molar-refractivity contribution in [3.63, 3.8) is 0 Å². The van der Waals surface area contributed by atoms with E-state index in [1.165, 1.54) is 0 Å². The molecule has 4 heteroatoms. The number of rotatable bonds is 7. The van der Waals surface area contributed by atoms with Crippen molar-refractivity contribution in [1.82, 2.24) is 0 Å². The zero-order valence-corrected chi connectivity index (χ0v) is 10.4. The first-order valence-electron chi connectivity index (χ1n) is 5.86. The lowest BCUT2D eigenvalue weighted by molar-refractivity contribution is -0.115. The van der Waals surface area contributed by atoms with Crippen LogP contribution >= 0.6 is 0 Å². The summed E-state index contributed by atoms with van der Waals surface area (Å²) in [4.78, 5) is 11.2. The van der Waals surface area contributed by atoms with Crippen LogP contribution in [-0.4, -0.2) is 25.7 Å². The summed E-state index contributed by atoms with van der Waals surface area (Å²) in [6.45, 7) is 5.59. The van der Waals surface area contributed by atoms with E-state index in [-0.39, 0.29) is 5.91 Å². The minimum atomic E-state index is 0.00927. The number of anilines is 1. The fourth-order valence-electron chi connectivity index (χ4n) is 1.25. The van der Waals surface area contributed by atoms with E-state index in [2.05, 4.69) is 5.32 Å². The Kier molecular flexibility index (Phi) is 6.10. The highest BCUT2D eigenvalue weighted by Gasteiger charge is 1.99. The minimum Gasteiger partial charge on any atom is -0.491 e. The van der Waals surface area contributed by atoms with Crippen LogP contribution in [0.15, 0.2) is 24.3 Å². The molecule has 1 aromatic rings. The van der Waals surface area contributed by atoms with E-state index in [1.54, 1.807) is 0 Å². The van der Waals surface area contributed by atoms with Gasteiger partial charge in [0, 0.05) is 18.7 Å².